The molecule has 0 radical (unpaired) electrons. The average molecular weight is 123 g/mol. The summed E-state index contributed by atoms with van der Waals surface area (Å²) in [5.74, 6) is -0.345. The normalized spacial score (nSPS) is 13.0. The summed E-state index contributed by atoms with van der Waals surface area (Å²) >= 11 is 5.23. The van der Waals surface area contributed by atoms with Crippen LogP contribution in [0.15, 0.2) is 0 Å². The molecular weight excluding hydrogens is 115 g/mol. The number of alkyl halides is 1. The summed E-state index contributed by atoms with van der Waals surface area (Å²) in [4.78, 5) is 9.95. The highest BCUT2D eigenvalue weighted by atomic mass is 35.5. The lowest BCUT2D eigenvalue weighted by Crippen LogP contribution is -2.03. The van der Waals surface area contributed by atoms with Gasteiger partial charge in [0.05, 0.1) is 0 Å². The van der Waals surface area contributed by atoms with Crippen LogP contribution >= 0.6 is 11.6 Å². The van der Waals surface area contributed by atoms with Gasteiger partial charge in [0.15, 0.2) is 5.56 Å². The molecule has 0 N–H and O–H groups in total. The number of hydrogen-bond acceptors (Lipinski definition) is 2. The van der Waals surface area contributed by atoms with Crippen molar-refractivity contribution in [3.8, 4) is 0 Å². The second kappa shape index (κ2) is 2.86. The molecule has 0 aromatic rings. The molecule has 3 heteroatoms. The Kier molecular flexibility index (Phi) is 2.76. The maximum absolute atomic E-state index is 9.95. The van der Waals surface area contributed by atoms with Gasteiger partial charge in [-0.05, 0) is 6.92 Å². The molecular formula is C4H7ClO2. The summed E-state index contributed by atoms with van der Waals surface area (Å²) in [7, 11) is 0. The van der Waals surface area contributed by atoms with Crippen molar-refractivity contribution in [2.24, 2.45) is 0 Å². The molecule has 0 aromatic heterocycles. The number of carbonyl (C=O) groups excluding carboxylic acids is 1. The average Bonchev–Trinajstić information content (AvgIpc) is 1.27. The molecule has 2 nitrogen and oxygen atoms in total. The Morgan fingerprint density at radius 1 is 1.86 bits per heavy atom. The molecule has 0 amide bonds. The van der Waals surface area contributed by atoms with E-state index >= 15 is 0 Å². The van der Waals surface area contributed by atoms with Gasteiger partial charge >= 0.3 is 5.97 Å². The van der Waals surface area contributed by atoms with Crippen LogP contribution in [0.25, 0.3) is 0 Å². The molecule has 0 unspecified atom stereocenters. The van der Waals surface area contributed by atoms with Crippen molar-refractivity contribution in [3.05, 3.63) is 0 Å². The van der Waals surface area contributed by atoms with Gasteiger partial charge in [0.2, 0.25) is 0 Å². The predicted molar refractivity (Wildman–Crippen MR) is 27.1 cm³/mol. The Bertz CT molecular complexity index is 70.1. The van der Waals surface area contributed by atoms with Gasteiger partial charge in [0.25, 0.3) is 0 Å². The molecule has 0 aliphatic carbocycles. The minimum atomic E-state index is -0.502. The molecule has 0 rings (SSSR count). The summed E-state index contributed by atoms with van der Waals surface area (Å²) < 4.78 is 4.38. The molecule has 0 aliphatic rings. The predicted octanol–water partition coefficient (Wildman–Crippen LogP) is 1.13. The van der Waals surface area contributed by atoms with Crippen LogP contribution in [0.4, 0.5) is 0 Å². The van der Waals surface area contributed by atoms with Crippen molar-refractivity contribution in [1.82, 2.24) is 0 Å². The molecule has 0 bridgehead atoms. The number of carbonyl (C=O) groups is 1. The number of halogens is 1. The van der Waals surface area contributed by atoms with Crippen LogP contribution in [-0.4, -0.2) is 11.5 Å². The number of hydrogen-bond donors (Lipinski definition) is 0. The van der Waals surface area contributed by atoms with Gasteiger partial charge < -0.3 is 4.74 Å². The van der Waals surface area contributed by atoms with Crippen LogP contribution in [0, 0.1) is 0 Å². The van der Waals surface area contributed by atoms with Crippen LogP contribution in [0.1, 0.15) is 13.8 Å². The molecule has 0 saturated heterocycles. The Labute approximate surface area is 47.4 Å². The van der Waals surface area contributed by atoms with Crippen LogP contribution in [-0.2, 0) is 9.53 Å². The number of esters is 1. The highest BCUT2D eigenvalue weighted by Gasteiger charge is 1.95. The summed E-state index contributed by atoms with van der Waals surface area (Å²) in [6.07, 6.45) is 0. The molecule has 0 spiro atoms. The van der Waals surface area contributed by atoms with Gasteiger partial charge in [0, 0.05) is 6.92 Å². The molecule has 1 atom stereocenters. The Balaban J connectivity index is 3.13. The highest BCUT2D eigenvalue weighted by Crippen LogP contribution is 1.94. The third kappa shape index (κ3) is 5.76. The van der Waals surface area contributed by atoms with Crippen LogP contribution in [0.2, 0.25) is 0 Å². The van der Waals surface area contributed by atoms with Gasteiger partial charge in [-0.3, -0.25) is 4.79 Å². The summed E-state index contributed by atoms with van der Waals surface area (Å²) in [6, 6.07) is 0. The fourth-order valence-corrected chi connectivity index (χ4v) is 0.354. The Morgan fingerprint density at radius 2 is 2.29 bits per heavy atom. The van der Waals surface area contributed by atoms with Crippen molar-refractivity contribution in [2.75, 3.05) is 0 Å². The van der Waals surface area contributed by atoms with Gasteiger partial charge in [-0.1, -0.05) is 11.6 Å². The van der Waals surface area contributed by atoms with Crippen LogP contribution in [0.5, 0.6) is 0 Å². The quantitative estimate of drug-likeness (QED) is 0.385. The van der Waals surface area contributed by atoms with E-state index in [1.54, 1.807) is 6.92 Å². The van der Waals surface area contributed by atoms with Gasteiger partial charge in [-0.15, -0.1) is 0 Å². The zero-order valence-electron chi connectivity index (χ0n) is 4.27. The molecule has 0 fully saturated rings. The van der Waals surface area contributed by atoms with Crippen LogP contribution in [0.3, 0.4) is 0 Å². The van der Waals surface area contributed by atoms with E-state index in [4.69, 9.17) is 11.6 Å². The first-order valence-electron chi connectivity index (χ1n) is 1.94. The topological polar surface area (TPSA) is 26.3 Å². The zero-order chi connectivity index (χ0) is 5.86. The van der Waals surface area contributed by atoms with E-state index in [1.165, 1.54) is 6.92 Å². The number of rotatable bonds is 1. The van der Waals surface area contributed by atoms with Crippen molar-refractivity contribution in [3.63, 3.8) is 0 Å². The lowest BCUT2D eigenvalue weighted by Gasteiger charge is -1.99. The van der Waals surface area contributed by atoms with E-state index in [0.717, 1.165) is 0 Å². The number of ether oxygens (including phenoxy) is 1. The third-order valence-electron chi connectivity index (χ3n) is 0.328. The Morgan fingerprint density at radius 3 is 2.29 bits per heavy atom. The van der Waals surface area contributed by atoms with E-state index in [9.17, 15) is 4.79 Å². The SMILES string of the molecule is CC(=O)O[C@@H](C)Cl. The maximum atomic E-state index is 9.95. The largest absolute Gasteiger partial charge is 0.446 e. The van der Waals surface area contributed by atoms with Crippen molar-refractivity contribution in [1.29, 1.82) is 0 Å². The molecule has 42 valence electrons. The molecule has 0 aliphatic heterocycles. The fourth-order valence-electron chi connectivity index (χ4n) is 0.229. The lowest BCUT2D eigenvalue weighted by molar-refractivity contribution is -0.142. The van der Waals surface area contributed by atoms with E-state index in [2.05, 4.69) is 4.74 Å². The zero-order valence-corrected chi connectivity index (χ0v) is 5.03. The first kappa shape index (κ1) is 6.76. The molecule has 7 heavy (non-hydrogen) atoms. The van der Waals surface area contributed by atoms with Gasteiger partial charge in [0.1, 0.15) is 0 Å². The van der Waals surface area contributed by atoms with Crippen LogP contribution < -0.4 is 0 Å². The van der Waals surface area contributed by atoms with Gasteiger partial charge in [-0.25, -0.2) is 0 Å². The van der Waals surface area contributed by atoms with E-state index < -0.39 is 5.56 Å². The highest BCUT2D eigenvalue weighted by molar-refractivity contribution is 6.19. The molecule has 0 saturated carbocycles. The molecule has 0 heterocycles. The van der Waals surface area contributed by atoms with Crippen molar-refractivity contribution >= 4 is 17.6 Å². The van der Waals surface area contributed by atoms with Crippen molar-refractivity contribution in [2.45, 2.75) is 19.4 Å². The maximum Gasteiger partial charge on any atom is 0.304 e. The minimum Gasteiger partial charge on any atom is -0.446 e. The van der Waals surface area contributed by atoms with Gasteiger partial charge in [-0.2, -0.15) is 0 Å². The standard InChI is InChI=1S/C4H7ClO2/c1-3(5)7-4(2)6/h3H,1-2H3/t3-/m0/s1. The summed E-state index contributed by atoms with van der Waals surface area (Å²) in [5.41, 5.74) is -0.502. The second-order valence-electron chi connectivity index (χ2n) is 1.15. The fraction of sp³-hybridized carbons (Fsp3) is 0.750. The Hall–Kier alpha value is -0.240. The molecule has 0 aromatic carbocycles. The second-order valence-corrected chi connectivity index (χ2v) is 1.77. The first-order valence-corrected chi connectivity index (χ1v) is 2.38. The van der Waals surface area contributed by atoms with E-state index in [-0.39, 0.29) is 5.97 Å². The first-order chi connectivity index (χ1) is 3.13. The van der Waals surface area contributed by atoms with E-state index in [1.807, 2.05) is 0 Å². The minimum absolute atomic E-state index is 0.345. The third-order valence-corrected chi connectivity index (χ3v) is 0.417. The monoisotopic (exact) mass is 122 g/mol. The lowest BCUT2D eigenvalue weighted by atomic mass is 10.8. The van der Waals surface area contributed by atoms with Crippen molar-refractivity contribution < 1.29 is 9.53 Å². The summed E-state index contributed by atoms with van der Waals surface area (Å²) in [5, 5.41) is 0. The van der Waals surface area contributed by atoms with E-state index in [0.29, 0.717) is 0 Å². The smallest absolute Gasteiger partial charge is 0.304 e. The summed E-state index contributed by atoms with van der Waals surface area (Å²) in [6.45, 7) is 2.90.